The lowest BCUT2D eigenvalue weighted by molar-refractivity contribution is -0.142. The molecule has 0 bridgehead atoms. The van der Waals surface area contributed by atoms with Gasteiger partial charge in [0.15, 0.2) is 0 Å². The van der Waals surface area contributed by atoms with E-state index in [1.54, 1.807) is 11.8 Å². The van der Waals surface area contributed by atoms with Gasteiger partial charge in [-0.25, -0.2) is 4.79 Å². The van der Waals surface area contributed by atoms with Crippen molar-refractivity contribution in [3.05, 3.63) is 0 Å². The minimum Gasteiger partial charge on any atom is -0.480 e. The highest BCUT2D eigenvalue weighted by molar-refractivity contribution is 8.01. The highest BCUT2D eigenvalue weighted by atomic mass is 32.2. The predicted octanol–water partition coefficient (Wildman–Crippen LogP) is 1.89. The lowest BCUT2D eigenvalue weighted by Crippen LogP contribution is -2.49. The van der Waals surface area contributed by atoms with Gasteiger partial charge in [-0.1, -0.05) is 13.8 Å². The molecule has 2 atom stereocenters. The fourth-order valence-corrected chi connectivity index (χ4v) is 3.18. The number of carbonyl (C=O) groups is 2. The van der Waals surface area contributed by atoms with E-state index < -0.39 is 16.8 Å². The zero-order valence-electron chi connectivity index (χ0n) is 10.7. The summed E-state index contributed by atoms with van der Waals surface area (Å²) in [4.78, 5) is 23.1. The number of aliphatic carboxylic acids is 1. The van der Waals surface area contributed by atoms with Gasteiger partial charge in [-0.2, -0.15) is 0 Å². The number of hydrogen-bond donors (Lipinski definition) is 2. The average molecular weight is 259 g/mol. The van der Waals surface area contributed by atoms with Crippen molar-refractivity contribution in [3.8, 4) is 0 Å². The van der Waals surface area contributed by atoms with Crippen LogP contribution in [0.15, 0.2) is 0 Å². The van der Waals surface area contributed by atoms with E-state index in [1.165, 1.54) is 0 Å². The molecule has 0 aromatic carbocycles. The van der Waals surface area contributed by atoms with E-state index in [-0.39, 0.29) is 11.8 Å². The Bertz CT molecular complexity index is 298. The fourth-order valence-electron chi connectivity index (χ4n) is 1.96. The van der Waals surface area contributed by atoms with Crippen LogP contribution >= 0.6 is 11.8 Å². The van der Waals surface area contributed by atoms with Crippen LogP contribution in [0.25, 0.3) is 0 Å². The van der Waals surface area contributed by atoms with Crippen molar-refractivity contribution < 1.29 is 14.7 Å². The van der Waals surface area contributed by atoms with Crippen LogP contribution < -0.4 is 5.32 Å². The molecule has 1 aliphatic heterocycles. The second-order valence-corrected chi connectivity index (χ2v) is 6.77. The van der Waals surface area contributed by atoms with Crippen LogP contribution in [-0.2, 0) is 9.59 Å². The van der Waals surface area contributed by atoms with Gasteiger partial charge in [-0.15, -0.1) is 11.8 Å². The molecule has 1 amide bonds. The van der Waals surface area contributed by atoms with Crippen molar-refractivity contribution in [2.75, 3.05) is 5.75 Å². The molecular weight excluding hydrogens is 238 g/mol. The summed E-state index contributed by atoms with van der Waals surface area (Å²) in [6.45, 7) is 5.80. The number of amides is 1. The molecule has 1 aliphatic rings. The molecular formula is C12H21NO3S. The maximum atomic E-state index is 12.1. The Kier molecular flexibility index (Phi) is 4.86. The second kappa shape index (κ2) is 5.76. The number of rotatable bonds is 5. The minimum absolute atomic E-state index is 0.131. The van der Waals surface area contributed by atoms with Gasteiger partial charge in [0, 0.05) is 0 Å². The van der Waals surface area contributed by atoms with Crippen LogP contribution in [0.4, 0.5) is 0 Å². The number of carbonyl (C=O) groups excluding carboxylic acids is 1. The molecule has 0 spiro atoms. The Hall–Kier alpha value is -0.710. The van der Waals surface area contributed by atoms with E-state index >= 15 is 0 Å². The summed E-state index contributed by atoms with van der Waals surface area (Å²) in [5.41, 5.74) is 0. The lowest BCUT2D eigenvalue weighted by atomic mass is 10.0. The Morgan fingerprint density at radius 3 is 2.53 bits per heavy atom. The molecule has 0 aromatic rings. The summed E-state index contributed by atoms with van der Waals surface area (Å²) in [5.74, 6) is 0.151. The molecule has 17 heavy (non-hydrogen) atoms. The molecule has 1 fully saturated rings. The van der Waals surface area contributed by atoms with Crippen LogP contribution in [-0.4, -0.2) is 33.5 Å². The summed E-state index contributed by atoms with van der Waals surface area (Å²) in [7, 11) is 0. The first-order valence-corrected chi connectivity index (χ1v) is 7.01. The van der Waals surface area contributed by atoms with Crippen molar-refractivity contribution in [3.63, 3.8) is 0 Å². The summed E-state index contributed by atoms with van der Waals surface area (Å²) in [6.07, 6.45) is 2.33. The van der Waals surface area contributed by atoms with E-state index in [0.29, 0.717) is 6.42 Å². The second-order valence-electron chi connectivity index (χ2n) is 5.18. The van der Waals surface area contributed by atoms with Crippen molar-refractivity contribution in [1.29, 1.82) is 0 Å². The molecule has 1 heterocycles. The first kappa shape index (κ1) is 14.4. The van der Waals surface area contributed by atoms with Gasteiger partial charge in [0.25, 0.3) is 0 Å². The van der Waals surface area contributed by atoms with Gasteiger partial charge in [0.2, 0.25) is 5.91 Å². The van der Waals surface area contributed by atoms with Gasteiger partial charge >= 0.3 is 5.97 Å². The van der Waals surface area contributed by atoms with Crippen LogP contribution in [0.3, 0.4) is 0 Å². The maximum absolute atomic E-state index is 12.1. The van der Waals surface area contributed by atoms with Gasteiger partial charge in [0.1, 0.15) is 6.04 Å². The number of nitrogens with one attached hydrogen (secondary N) is 1. The standard InChI is InChI=1S/C12H21NO3S/c1-8(2)7-9(10(14)15)13-11(16)12(3)5-4-6-17-12/h8-9H,4-7H2,1-3H3,(H,13,16)(H,14,15)/t9-,12?/m0/s1. The molecule has 0 radical (unpaired) electrons. The summed E-state index contributed by atoms with van der Waals surface area (Å²) in [6, 6.07) is -0.763. The Morgan fingerprint density at radius 1 is 1.47 bits per heavy atom. The number of thioether (sulfide) groups is 1. The van der Waals surface area contributed by atoms with Crippen molar-refractivity contribution in [1.82, 2.24) is 5.32 Å². The van der Waals surface area contributed by atoms with Crippen LogP contribution in [0, 0.1) is 5.92 Å². The highest BCUT2D eigenvalue weighted by Gasteiger charge is 2.38. The Labute approximate surface area is 107 Å². The number of hydrogen-bond acceptors (Lipinski definition) is 3. The Balaban J connectivity index is 2.60. The van der Waals surface area contributed by atoms with Crippen LogP contribution in [0.5, 0.6) is 0 Å². The molecule has 1 saturated heterocycles. The zero-order valence-corrected chi connectivity index (χ0v) is 11.5. The van der Waals surface area contributed by atoms with Crippen LogP contribution in [0.2, 0.25) is 0 Å². The smallest absolute Gasteiger partial charge is 0.326 e. The van der Waals surface area contributed by atoms with Crippen molar-refractivity contribution in [2.45, 2.75) is 50.8 Å². The van der Waals surface area contributed by atoms with Gasteiger partial charge in [0.05, 0.1) is 4.75 Å². The third kappa shape index (κ3) is 3.91. The van der Waals surface area contributed by atoms with E-state index in [4.69, 9.17) is 5.11 Å². The third-order valence-corrected chi connectivity index (χ3v) is 4.53. The first-order chi connectivity index (χ1) is 7.85. The predicted molar refractivity (Wildman–Crippen MR) is 69.1 cm³/mol. The molecule has 0 aromatic heterocycles. The number of carboxylic acid groups (broad SMARTS) is 1. The summed E-state index contributed by atoms with van der Waals surface area (Å²) >= 11 is 1.62. The molecule has 0 aliphatic carbocycles. The zero-order chi connectivity index (χ0) is 13.1. The largest absolute Gasteiger partial charge is 0.480 e. The first-order valence-electron chi connectivity index (χ1n) is 6.03. The average Bonchev–Trinajstić information content (AvgIpc) is 2.64. The van der Waals surface area contributed by atoms with Crippen LogP contribution in [0.1, 0.15) is 40.0 Å². The molecule has 98 valence electrons. The SMILES string of the molecule is CC(C)C[C@H](NC(=O)C1(C)CCCS1)C(=O)O. The van der Waals surface area contributed by atoms with E-state index in [1.807, 2.05) is 20.8 Å². The van der Waals surface area contributed by atoms with Gasteiger partial charge in [-0.3, -0.25) is 4.79 Å². The summed E-state index contributed by atoms with van der Waals surface area (Å²) < 4.78 is -0.440. The van der Waals surface area contributed by atoms with Gasteiger partial charge in [-0.05, 0) is 37.9 Å². The van der Waals surface area contributed by atoms with E-state index in [9.17, 15) is 9.59 Å². The van der Waals surface area contributed by atoms with E-state index in [0.717, 1.165) is 18.6 Å². The maximum Gasteiger partial charge on any atom is 0.326 e. The fraction of sp³-hybridized carbons (Fsp3) is 0.833. The topological polar surface area (TPSA) is 66.4 Å². The minimum atomic E-state index is -0.946. The Morgan fingerprint density at radius 2 is 2.12 bits per heavy atom. The lowest BCUT2D eigenvalue weighted by Gasteiger charge is -2.25. The van der Waals surface area contributed by atoms with E-state index in [2.05, 4.69) is 5.32 Å². The molecule has 1 rings (SSSR count). The van der Waals surface area contributed by atoms with Gasteiger partial charge < -0.3 is 10.4 Å². The normalized spacial score (nSPS) is 25.9. The molecule has 1 unspecified atom stereocenters. The monoisotopic (exact) mass is 259 g/mol. The molecule has 4 nitrogen and oxygen atoms in total. The molecule has 0 saturated carbocycles. The van der Waals surface area contributed by atoms with Crippen molar-refractivity contribution >= 4 is 23.6 Å². The highest BCUT2D eigenvalue weighted by Crippen LogP contribution is 2.37. The number of carboxylic acids is 1. The quantitative estimate of drug-likeness (QED) is 0.791. The molecule has 5 heteroatoms. The van der Waals surface area contributed by atoms with Crippen molar-refractivity contribution in [2.24, 2.45) is 5.92 Å². The third-order valence-electron chi connectivity index (χ3n) is 3.01. The summed E-state index contributed by atoms with van der Waals surface area (Å²) in [5, 5.41) is 11.7. The molecule has 2 N–H and O–H groups in total.